The van der Waals surface area contributed by atoms with Gasteiger partial charge in [-0.25, -0.2) is 4.98 Å². The number of carboxylic acids is 1. The van der Waals surface area contributed by atoms with Gasteiger partial charge >= 0.3 is 5.97 Å². The number of hydrogen-bond acceptors (Lipinski definition) is 6. The maximum Gasteiger partial charge on any atom is 0.303 e. The van der Waals surface area contributed by atoms with Gasteiger partial charge in [0.2, 0.25) is 11.9 Å². The Morgan fingerprint density at radius 3 is 2.33 bits per heavy atom. The lowest BCUT2D eigenvalue weighted by molar-refractivity contribution is -0.138. The van der Waals surface area contributed by atoms with Gasteiger partial charge in [0.1, 0.15) is 0 Å². The van der Waals surface area contributed by atoms with Gasteiger partial charge in [0.15, 0.2) is 5.82 Å². The molecule has 1 heterocycles. The molecule has 9 heteroatoms. The third kappa shape index (κ3) is 5.27. The summed E-state index contributed by atoms with van der Waals surface area (Å²) in [6.45, 7) is 0. The molecule has 1 aromatic heterocycles. The highest BCUT2D eigenvalue weighted by Gasteiger charge is 2.15. The van der Waals surface area contributed by atoms with Crippen molar-refractivity contribution in [1.29, 1.82) is 0 Å². The number of nitrogens with zero attached hydrogens (tertiary/aromatic N) is 3. The van der Waals surface area contributed by atoms with Crippen LogP contribution in [0.3, 0.4) is 0 Å². The van der Waals surface area contributed by atoms with E-state index in [1.807, 2.05) is 60.7 Å². The second-order valence-electron chi connectivity index (χ2n) is 7.27. The summed E-state index contributed by atoms with van der Waals surface area (Å²) in [5, 5.41) is 12.2. The fraction of sp³-hybridized carbons (Fsp3) is 0.0833. The summed E-state index contributed by atoms with van der Waals surface area (Å²) in [7, 11) is 0. The summed E-state index contributed by atoms with van der Waals surface area (Å²) in [5.74, 6) is -0.550. The van der Waals surface area contributed by atoms with E-state index in [9.17, 15) is 9.59 Å². The number of hydrogen-bond donors (Lipinski definition) is 3. The van der Waals surface area contributed by atoms with Crippen LogP contribution in [0.5, 0.6) is 0 Å². The van der Waals surface area contributed by atoms with Gasteiger partial charge in [0, 0.05) is 17.5 Å². The highest BCUT2D eigenvalue weighted by Crippen LogP contribution is 2.35. The van der Waals surface area contributed by atoms with E-state index in [1.165, 1.54) is 0 Å². The second kappa shape index (κ2) is 9.66. The van der Waals surface area contributed by atoms with Crippen LogP contribution in [0.2, 0.25) is 0 Å². The fourth-order valence-electron chi connectivity index (χ4n) is 3.33. The number of fused-ring (bicyclic) bond motifs is 1. The average molecular weight is 506 g/mol. The first-order valence-electron chi connectivity index (χ1n) is 10.1. The monoisotopic (exact) mass is 505 g/mol. The Bertz CT molecular complexity index is 1310. The van der Waals surface area contributed by atoms with Crippen molar-refractivity contribution in [3.8, 4) is 11.1 Å². The zero-order valence-corrected chi connectivity index (χ0v) is 19.0. The fourth-order valence-corrected chi connectivity index (χ4v) is 3.84. The Morgan fingerprint density at radius 1 is 0.939 bits per heavy atom. The van der Waals surface area contributed by atoms with Gasteiger partial charge in [0.25, 0.3) is 0 Å². The number of aromatic nitrogens is 2. The molecule has 0 bridgehead atoms. The number of anilines is 4. The van der Waals surface area contributed by atoms with E-state index >= 15 is 0 Å². The first-order chi connectivity index (χ1) is 15.9. The van der Waals surface area contributed by atoms with E-state index in [0.717, 1.165) is 22.2 Å². The van der Waals surface area contributed by atoms with E-state index in [2.05, 4.69) is 31.4 Å². The second-order valence-corrected chi connectivity index (χ2v) is 7.98. The summed E-state index contributed by atoms with van der Waals surface area (Å²) in [6.07, 6.45) is -0.276. The van der Waals surface area contributed by atoms with Crippen molar-refractivity contribution in [3.05, 3.63) is 72.8 Å². The van der Waals surface area contributed by atoms with Gasteiger partial charge in [-0.2, -0.15) is 4.98 Å². The van der Waals surface area contributed by atoms with Crippen LogP contribution >= 0.6 is 16.1 Å². The van der Waals surface area contributed by atoms with Crippen molar-refractivity contribution in [1.82, 2.24) is 9.97 Å². The number of nitrogens with two attached hydrogens (primary N) is 1. The molecule has 3 aromatic carbocycles. The van der Waals surface area contributed by atoms with Gasteiger partial charge in [-0.1, -0.05) is 36.4 Å². The first-order valence-corrected chi connectivity index (χ1v) is 10.8. The lowest BCUT2D eigenvalue weighted by Crippen LogP contribution is -2.13. The largest absolute Gasteiger partial charge is 0.481 e. The van der Waals surface area contributed by atoms with Crippen LogP contribution in [0.1, 0.15) is 12.8 Å². The Kier molecular flexibility index (Phi) is 6.50. The van der Waals surface area contributed by atoms with Crippen LogP contribution in [0.15, 0.2) is 72.8 Å². The van der Waals surface area contributed by atoms with Crippen LogP contribution in [0, 0.1) is 0 Å². The number of carbonyl (C=O) groups excluding carboxylic acids is 1. The molecular weight excluding hydrogens is 486 g/mol. The van der Waals surface area contributed by atoms with Crippen molar-refractivity contribution >= 4 is 62.1 Å². The van der Waals surface area contributed by atoms with Gasteiger partial charge < -0.3 is 16.2 Å². The molecule has 0 saturated heterocycles. The Labute approximate surface area is 198 Å². The number of amides is 1. The molecule has 0 radical (unpaired) electrons. The quantitative estimate of drug-likeness (QED) is 0.297. The smallest absolute Gasteiger partial charge is 0.303 e. The summed E-state index contributed by atoms with van der Waals surface area (Å²) in [6, 6.07) is 22.9. The molecular formula is C24H20BrN5O3. The van der Waals surface area contributed by atoms with Gasteiger partial charge in [-0.3, -0.25) is 13.5 Å². The maximum absolute atomic E-state index is 11.9. The molecule has 0 fully saturated rings. The predicted molar refractivity (Wildman–Crippen MR) is 132 cm³/mol. The van der Waals surface area contributed by atoms with Crippen molar-refractivity contribution < 1.29 is 14.7 Å². The number of nitrogen functional groups attached to an aromatic ring is 1. The predicted octanol–water partition coefficient (Wildman–Crippen LogP) is 5.13. The molecule has 1 amide bonds. The minimum atomic E-state index is -1.00. The molecule has 0 spiro atoms. The molecule has 4 rings (SSSR count). The van der Waals surface area contributed by atoms with Crippen LogP contribution in [0.4, 0.5) is 23.1 Å². The zero-order chi connectivity index (χ0) is 23.4. The SMILES string of the molecule is Nc1nc(N(Br)c2ccccc2)c2cc(-c3ccc(NC(=O)CCC(=O)O)cc3)ccc2n1. The molecule has 0 aliphatic rings. The number of benzene rings is 3. The maximum atomic E-state index is 11.9. The normalized spacial score (nSPS) is 10.7. The average Bonchev–Trinajstić information content (AvgIpc) is 2.82. The van der Waals surface area contributed by atoms with Crippen LogP contribution in [-0.4, -0.2) is 27.0 Å². The summed E-state index contributed by atoms with van der Waals surface area (Å²) >= 11 is 3.59. The molecule has 4 N–H and O–H groups in total. The summed E-state index contributed by atoms with van der Waals surface area (Å²) in [4.78, 5) is 31.3. The first kappa shape index (κ1) is 22.2. The molecule has 0 aliphatic carbocycles. The molecule has 33 heavy (non-hydrogen) atoms. The topological polar surface area (TPSA) is 121 Å². The minimum absolute atomic E-state index is 0.0713. The van der Waals surface area contributed by atoms with E-state index < -0.39 is 5.97 Å². The van der Waals surface area contributed by atoms with Gasteiger partial charge in [-0.05, 0) is 47.5 Å². The van der Waals surface area contributed by atoms with Crippen LogP contribution in [-0.2, 0) is 9.59 Å². The number of halogens is 1. The van der Waals surface area contributed by atoms with Crippen molar-refractivity contribution in [3.63, 3.8) is 0 Å². The number of carbonyl (C=O) groups is 2. The Balaban J connectivity index is 1.63. The highest BCUT2D eigenvalue weighted by molar-refractivity contribution is 9.10. The lowest BCUT2D eigenvalue weighted by Gasteiger charge is -2.18. The standard InChI is InChI=1S/C24H20BrN5O3/c25-30(18-4-2-1-3-5-18)23-19-14-16(8-11-20(19)28-24(26)29-23)15-6-9-17(10-7-15)27-21(31)12-13-22(32)33/h1-11,14H,12-13H2,(H,27,31)(H,32,33)(H2,26,28,29). The van der Waals surface area contributed by atoms with Crippen molar-refractivity contribution in [2.45, 2.75) is 12.8 Å². The lowest BCUT2D eigenvalue weighted by atomic mass is 10.0. The molecule has 0 atom stereocenters. The number of carboxylic acid groups (broad SMARTS) is 1. The molecule has 0 aliphatic heterocycles. The zero-order valence-electron chi connectivity index (χ0n) is 17.4. The third-order valence-corrected chi connectivity index (χ3v) is 5.68. The van der Waals surface area contributed by atoms with Crippen molar-refractivity contribution in [2.75, 3.05) is 15.0 Å². The van der Waals surface area contributed by atoms with E-state index in [4.69, 9.17) is 10.8 Å². The van der Waals surface area contributed by atoms with E-state index in [0.29, 0.717) is 17.0 Å². The molecule has 4 aromatic rings. The number of nitrogens with one attached hydrogen (secondary N) is 1. The molecule has 166 valence electrons. The third-order valence-electron chi connectivity index (χ3n) is 4.93. The number of rotatable bonds is 7. The van der Waals surface area contributed by atoms with Crippen molar-refractivity contribution in [2.24, 2.45) is 0 Å². The summed E-state index contributed by atoms with van der Waals surface area (Å²) in [5.41, 5.74) is 10.0. The highest BCUT2D eigenvalue weighted by atomic mass is 79.9. The van der Waals surface area contributed by atoms with Gasteiger partial charge in [-0.15, -0.1) is 0 Å². The van der Waals surface area contributed by atoms with Gasteiger partial charge in [0.05, 0.1) is 33.8 Å². The van der Waals surface area contributed by atoms with E-state index in [-0.39, 0.29) is 24.7 Å². The minimum Gasteiger partial charge on any atom is -0.481 e. The Morgan fingerprint density at radius 2 is 1.64 bits per heavy atom. The van der Waals surface area contributed by atoms with Crippen LogP contribution in [0.25, 0.3) is 22.0 Å². The van der Waals surface area contributed by atoms with E-state index in [1.54, 1.807) is 16.1 Å². The summed E-state index contributed by atoms with van der Waals surface area (Å²) < 4.78 is 1.78. The molecule has 8 nitrogen and oxygen atoms in total. The van der Waals surface area contributed by atoms with Crippen LogP contribution < -0.4 is 15.0 Å². The Hall–Kier alpha value is -3.98. The molecule has 0 unspecified atom stereocenters. The molecule has 0 saturated carbocycles. The number of aliphatic carboxylic acids is 1. The number of para-hydroxylation sites is 1.